The van der Waals surface area contributed by atoms with Crippen molar-refractivity contribution in [3.05, 3.63) is 34.5 Å². The highest BCUT2D eigenvalue weighted by Crippen LogP contribution is 2.18. The van der Waals surface area contributed by atoms with Crippen molar-refractivity contribution in [2.75, 3.05) is 11.6 Å². The fourth-order valence-corrected chi connectivity index (χ4v) is 2.33. The van der Waals surface area contributed by atoms with E-state index in [1.165, 1.54) is 4.90 Å². The van der Waals surface area contributed by atoms with Crippen LogP contribution in [0, 0.1) is 6.92 Å². The van der Waals surface area contributed by atoms with Gasteiger partial charge in [-0.2, -0.15) is 0 Å². The Kier molecular flexibility index (Phi) is 3.79. The maximum absolute atomic E-state index is 4.40. The average Bonchev–Trinajstić information content (AvgIpc) is 2.73. The molecule has 0 saturated heterocycles. The molecule has 0 aliphatic heterocycles. The van der Waals surface area contributed by atoms with Crippen molar-refractivity contribution < 1.29 is 0 Å². The lowest BCUT2D eigenvalue weighted by molar-refractivity contribution is 1.05. The van der Waals surface area contributed by atoms with Gasteiger partial charge in [0.25, 0.3) is 0 Å². The zero-order chi connectivity index (χ0) is 11.4. The van der Waals surface area contributed by atoms with Gasteiger partial charge >= 0.3 is 0 Å². The van der Waals surface area contributed by atoms with Crippen LogP contribution in [0.1, 0.15) is 10.7 Å². The van der Waals surface area contributed by atoms with E-state index in [-0.39, 0.29) is 0 Å². The van der Waals surface area contributed by atoms with Gasteiger partial charge in [-0.15, -0.1) is 23.1 Å². The molecule has 0 fully saturated rings. The van der Waals surface area contributed by atoms with E-state index in [9.17, 15) is 0 Å². The lowest BCUT2D eigenvalue weighted by atomic mass is 10.4. The number of thioether (sulfide) groups is 1. The second-order valence-electron chi connectivity index (χ2n) is 3.32. The third-order valence-electron chi connectivity index (χ3n) is 2.09. The maximum atomic E-state index is 4.40. The highest BCUT2D eigenvalue weighted by Gasteiger charge is 1.99. The van der Waals surface area contributed by atoms with Gasteiger partial charge < -0.3 is 5.32 Å². The molecule has 0 unspecified atom stereocenters. The fraction of sp³-hybridized carbons (Fsp3) is 0.273. The van der Waals surface area contributed by atoms with Crippen LogP contribution in [0.5, 0.6) is 0 Å². The molecule has 1 N–H and O–H groups in total. The maximum Gasteiger partial charge on any atom is 0.0898 e. The number of nitrogens with zero attached hydrogens (tertiary/aromatic N) is 2. The van der Waals surface area contributed by atoms with Crippen LogP contribution in [-0.2, 0) is 6.54 Å². The third-order valence-corrected chi connectivity index (χ3v) is 3.61. The summed E-state index contributed by atoms with van der Waals surface area (Å²) in [5.74, 6) is 0. The van der Waals surface area contributed by atoms with Crippen LogP contribution in [0.3, 0.4) is 0 Å². The van der Waals surface area contributed by atoms with E-state index in [1.54, 1.807) is 23.1 Å². The molecule has 2 heterocycles. The monoisotopic (exact) mass is 251 g/mol. The molecule has 2 aromatic rings. The van der Waals surface area contributed by atoms with Gasteiger partial charge in [-0.1, -0.05) is 0 Å². The molecule has 0 aromatic carbocycles. The number of pyridine rings is 1. The number of aryl methyl sites for hydroxylation is 1. The summed E-state index contributed by atoms with van der Waals surface area (Å²) in [6.45, 7) is 2.77. The van der Waals surface area contributed by atoms with Crippen molar-refractivity contribution >= 4 is 28.8 Å². The van der Waals surface area contributed by atoms with Gasteiger partial charge in [0.1, 0.15) is 0 Å². The molecule has 0 saturated carbocycles. The average molecular weight is 251 g/mol. The number of anilines is 1. The second kappa shape index (κ2) is 5.32. The number of aromatic nitrogens is 2. The number of thiazole rings is 1. The molecule has 0 amide bonds. The Bertz CT molecular complexity index is 468. The second-order valence-corrected chi connectivity index (χ2v) is 5.27. The van der Waals surface area contributed by atoms with Crippen molar-refractivity contribution in [3.63, 3.8) is 0 Å². The molecule has 0 aliphatic carbocycles. The van der Waals surface area contributed by atoms with Gasteiger partial charge in [0.15, 0.2) is 0 Å². The quantitative estimate of drug-likeness (QED) is 0.847. The van der Waals surface area contributed by atoms with E-state index in [4.69, 9.17) is 0 Å². The Morgan fingerprint density at radius 3 is 3.00 bits per heavy atom. The number of nitrogens with one attached hydrogen (secondary N) is 1. The van der Waals surface area contributed by atoms with Crippen molar-refractivity contribution in [2.45, 2.75) is 18.4 Å². The first kappa shape index (κ1) is 11.4. The van der Waals surface area contributed by atoms with E-state index >= 15 is 0 Å². The SMILES string of the molecule is CSc1cncc(NCc2csc(C)n2)c1. The van der Waals surface area contributed by atoms with Gasteiger partial charge in [0.05, 0.1) is 29.1 Å². The smallest absolute Gasteiger partial charge is 0.0898 e. The topological polar surface area (TPSA) is 37.8 Å². The Hall–Kier alpha value is -1.07. The van der Waals surface area contributed by atoms with Crippen LogP contribution < -0.4 is 5.32 Å². The normalized spacial score (nSPS) is 10.4. The zero-order valence-corrected chi connectivity index (χ0v) is 10.9. The Morgan fingerprint density at radius 1 is 1.44 bits per heavy atom. The Labute approximate surface area is 103 Å². The van der Waals surface area contributed by atoms with Gasteiger partial charge in [-0.05, 0) is 19.2 Å². The summed E-state index contributed by atoms with van der Waals surface area (Å²) in [7, 11) is 0. The molecule has 2 aromatic heterocycles. The van der Waals surface area contributed by atoms with Crippen LogP contribution in [0.4, 0.5) is 5.69 Å². The highest BCUT2D eigenvalue weighted by atomic mass is 32.2. The van der Waals surface area contributed by atoms with Crippen molar-refractivity contribution in [1.82, 2.24) is 9.97 Å². The van der Waals surface area contributed by atoms with Crippen LogP contribution in [0.2, 0.25) is 0 Å². The Balaban J connectivity index is 1.99. The first-order chi connectivity index (χ1) is 7.78. The van der Waals surface area contributed by atoms with Crippen molar-refractivity contribution in [1.29, 1.82) is 0 Å². The summed E-state index contributed by atoms with van der Waals surface area (Å²) in [5, 5.41) is 6.50. The minimum absolute atomic E-state index is 0.754. The molecule has 0 bridgehead atoms. The van der Waals surface area contributed by atoms with Crippen LogP contribution >= 0.6 is 23.1 Å². The number of rotatable bonds is 4. The summed E-state index contributed by atoms with van der Waals surface area (Å²) >= 11 is 3.37. The van der Waals surface area contributed by atoms with E-state index in [2.05, 4.69) is 26.7 Å². The van der Waals surface area contributed by atoms with Crippen LogP contribution in [0.15, 0.2) is 28.7 Å². The summed E-state index contributed by atoms with van der Waals surface area (Å²) in [6.07, 6.45) is 5.74. The standard InChI is InChI=1S/C11H13N3S2/c1-8-14-10(7-16-8)5-13-9-3-11(15-2)6-12-4-9/h3-4,6-7,13H,5H2,1-2H3. The molecule has 0 aliphatic rings. The summed E-state index contributed by atoms with van der Waals surface area (Å²) in [5.41, 5.74) is 2.12. The zero-order valence-electron chi connectivity index (χ0n) is 9.23. The Morgan fingerprint density at radius 2 is 2.31 bits per heavy atom. The van der Waals surface area contributed by atoms with Crippen LogP contribution in [0.25, 0.3) is 0 Å². The first-order valence-electron chi connectivity index (χ1n) is 4.92. The van der Waals surface area contributed by atoms with Crippen molar-refractivity contribution in [2.24, 2.45) is 0 Å². The molecule has 0 radical (unpaired) electrons. The largest absolute Gasteiger partial charge is 0.378 e. The molecule has 3 nitrogen and oxygen atoms in total. The minimum Gasteiger partial charge on any atom is -0.378 e. The van der Waals surface area contributed by atoms with E-state index in [0.717, 1.165) is 22.9 Å². The molecule has 84 valence electrons. The van der Waals surface area contributed by atoms with Crippen molar-refractivity contribution in [3.8, 4) is 0 Å². The number of hydrogen-bond acceptors (Lipinski definition) is 5. The summed E-state index contributed by atoms with van der Waals surface area (Å²) < 4.78 is 0. The lowest BCUT2D eigenvalue weighted by Crippen LogP contribution is -2.00. The summed E-state index contributed by atoms with van der Waals surface area (Å²) in [4.78, 5) is 9.74. The minimum atomic E-state index is 0.754. The molecule has 16 heavy (non-hydrogen) atoms. The van der Waals surface area contributed by atoms with Crippen LogP contribution in [-0.4, -0.2) is 16.2 Å². The predicted octanol–water partition coefficient (Wildman–Crippen LogP) is 3.18. The van der Waals surface area contributed by atoms with Gasteiger partial charge in [0.2, 0.25) is 0 Å². The molecular formula is C11H13N3S2. The molecule has 0 atom stereocenters. The summed E-state index contributed by atoms with van der Waals surface area (Å²) in [6, 6.07) is 2.09. The predicted molar refractivity (Wildman–Crippen MR) is 70.2 cm³/mol. The first-order valence-corrected chi connectivity index (χ1v) is 7.02. The van der Waals surface area contributed by atoms with E-state index < -0.39 is 0 Å². The molecular weight excluding hydrogens is 238 g/mol. The number of hydrogen-bond donors (Lipinski definition) is 1. The highest BCUT2D eigenvalue weighted by molar-refractivity contribution is 7.98. The molecule has 0 spiro atoms. The van der Waals surface area contributed by atoms with Gasteiger partial charge in [-0.25, -0.2) is 4.98 Å². The molecule has 5 heteroatoms. The van der Waals surface area contributed by atoms with Gasteiger partial charge in [0, 0.05) is 16.5 Å². The third kappa shape index (κ3) is 2.96. The van der Waals surface area contributed by atoms with E-state index in [0.29, 0.717) is 0 Å². The fourth-order valence-electron chi connectivity index (χ4n) is 1.31. The van der Waals surface area contributed by atoms with E-state index in [1.807, 2.05) is 25.6 Å². The lowest BCUT2D eigenvalue weighted by Gasteiger charge is -2.04. The molecule has 2 rings (SSSR count). The van der Waals surface area contributed by atoms with Gasteiger partial charge in [-0.3, -0.25) is 4.98 Å².